The molecule has 2 aromatic heterocycles. The average Bonchev–Trinajstić information content (AvgIpc) is 2.83. The molecular formula is C19H32N4O3Si. The van der Waals surface area contributed by atoms with Crippen LogP contribution in [0.3, 0.4) is 0 Å². The zero-order valence-corrected chi connectivity index (χ0v) is 18.9. The maximum atomic E-state index is 12.0. The number of nitrogens with one attached hydrogen (secondary N) is 1. The number of aromatic nitrogens is 3. The van der Waals surface area contributed by atoms with Crippen molar-refractivity contribution < 1.29 is 14.0 Å². The first-order chi connectivity index (χ1) is 12.2. The van der Waals surface area contributed by atoms with E-state index in [0.29, 0.717) is 18.1 Å². The number of amides is 1. The molecule has 0 aliphatic carbocycles. The van der Waals surface area contributed by atoms with Crippen LogP contribution in [0, 0.1) is 6.92 Å². The molecule has 0 saturated heterocycles. The van der Waals surface area contributed by atoms with Gasteiger partial charge in [0.15, 0.2) is 19.8 Å². The van der Waals surface area contributed by atoms with Crippen LogP contribution in [0.1, 0.15) is 52.9 Å². The van der Waals surface area contributed by atoms with Gasteiger partial charge in [0.1, 0.15) is 11.3 Å². The van der Waals surface area contributed by atoms with E-state index in [1.807, 2.05) is 38.3 Å². The van der Waals surface area contributed by atoms with Gasteiger partial charge < -0.3 is 13.6 Å². The molecule has 0 aliphatic rings. The van der Waals surface area contributed by atoms with Crippen LogP contribution < -0.4 is 5.32 Å². The first-order valence-electron chi connectivity index (χ1n) is 9.17. The lowest BCUT2D eigenvalue weighted by atomic mass is 10.2. The Morgan fingerprint density at radius 1 is 1.15 bits per heavy atom. The van der Waals surface area contributed by atoms with Gasteiger partial charge in [-0.1, -0.05) is 20.8 Å². The molecule has 2 aromatic rings. The summed E-state index contributed by atoms with van der Waals surface area (Å²) in [7, 11) is -1.91. The molecular weight excluding hydrogens is 360 g/mol. The Labute approximate surface area is 162 Å². The molecule has 27 heavy (non-hydrogen) atoms. The molecule has 7 nitrogen and oxygen atoms in total. The number of ether oxygens (including phenoxy) is 1. The Balaban J connectivity index is 2.25. The highest BCUT2D eigenvalue weighted by Crippen LogP contribution is 2.37. The molecule has 2 rings (SSSR count). The molecule has 0 bridgehead atoms. The van der Waals surface area contributed by atoms with Crippen molar-refractivity contribution in [1.82, 2.24) is 14.4 Å². The van der Waals surface area contributed by atoms with Crippen molar-refractivity contribution in [1.29, 1.82) is 0 Å². The smallest absolute Gasteiger partial charge is 0.413 e. The van der Waals surface area contributed by atoms with Gasteiger partial charge in [0.05, 0.1) is 18.5 Å². The minimum Gasteiger partial charge on any atom is -0.444 e. The number of nitrogens with zero attached hydrogens (tertiary/aromatic N) is 3. The van der Waals surface area contributed by atoms with Gasteiger partial charge in [0.25, 0.3) is 0 Å². The second kappa shape index (κ2) is 7.24. The van der Waals surface area contributed by atoms with E-state index >= 15 is 0 Å². The summed E-state index contributed by atoms with van der Waals surface area (Å²) < 4.78 is 13.5. The first kappa shape index (κ1) is 21.4. The van der Waals surface area contributed by atoms with E-state index in [1.165, 1.54) is 0 Å². The van der Waals surface area contributed by atoms with Crippen LogP contribution in [0.4, 0.5) is 10.6 Å². The maximum Gasteiger partial charge on any atom is 0.413 e. The summed E-state index contributed by atoms with van der Waals surface area (Å²) in [6, 6.07) is 0. The Hall–Kier alpha value is -1.93. The predicted molar refractivity (Wildman–Crippen MR) is 110 cm³/mol. The number of fused-ring (bicyclic) bond motifs is 1. The van der Waals surface area contributed by atoms with Crippen molar-refractivity contribution in [3.05, 3.63) is 23.8 Å². The molecule has 0 spiro atoms. The highest BCUT2D eigenvalue weighted by atomic mass is 28.4. The van der Waals surface area contributed by atoms with Gasteiger partial charge in [-0.05, 0) is 45.8 Å². The van der Waals surface area contributed by atoms with E-state index < -0.39 is 20.0 Å². The van der Waals surface area contributed by atoms with Crippen LogP contribution in [0.25, 0.3) is 5.65 Å². The van der Waals surface area contributed by atoms with Gasteiger partial charge in [-0.15, -0.1) is 0 Å². The first-order valence-corrected chi connectivity index (χ1v) is 12.1. The lowest BCUT2D eigenvalue weighted by Gasteiger charge is -2.36. The molecule has 8 heteroatoms. The van der Waals surface area contributed by atoms with Crippen molar-refractivity contribution >= 4 is 25.9 Å². The molecule has 0 fully saturated rings. The average molecular weight is 393 g/mol. The van der Waals surface area contributed by atoms with E-state index in [4.69, 9.17) is 9.16 Å². The highest BCUT2D eigenvalue weighted by Gasteiger charge is 2.37. The predicted octanol–water partition coefficient (Wildman–Crippen LogP) is 4.91. The van der Waals surface area contributed by atoms with Crippen molar-refractivity contribution in [3.63, 3.8) is 0 Å². The third-order valence-electron chi connectivity index (χ3n) is 4.63. The van der Waals surface area contributed by atoms with Gasteiger partial charge in [-0.3, -0.25) is 10.3 Å². The van der Waals surface area contributed by atoms with Crippen molar-refractivity contribution in [2.24, 2.45) is 0 Å². The van der Waals surface area contributed by atoms with Gasteiger partial charge in [0.2, 0.25) is 0 Å². The zero-order valence-electron chi connectivity index (χ0n) is 17.9. The molecule has 150 valence electrons. The summed E-state index contributed by atoms with van der Waals surface area (Å²) in [5.74, 6) is 0.422. The minimum atomic E-state index is -1.91. The van der Waals surface area contributed by atoms with Crippen LogP contribution >= 0.6 is 0 Å². The van der Waals surface area contributed by atoms with Gasteiger partial charge in [0, 0.05) is 6.20 Å². The second-order valence-corrected chi connectivity index (χ2v) is 14.2. The third kappa shape index (κ3) is 5.52. The monoisotopic (exact) mass is 392 g/mol. The lowest BCUT2D eigenvalue weighted by Crippen LogP contribution is -2.40. The van der Waals surface area contributed by atoms with Crippen LogP contribution in [-0.4, -0.2) is 34.4 Å². The molecule has 2 heterocycles. The van der Waals surface area contributed by atoms with Crippen molar-refractivity contribution in [3.8, 4) is 0 Å². The minimum absolute atomic E-state index is 0.117. The molecule has 0 radical (unpaired) electrons. The van der Waals surface area contributed by atoms with Crippen LogP contribution in [-0.2, 0) is 15.8 Å². The number of imidazole rings is 1. The number of anilines is 1. The molecule has 0 aromatic carbocycles. The molecule has 0 saturated carbocycles. The number of rotatable bonds is 4. The molecule has 0 aliphatic heterocycles. The van der Waals surface area contributed by atoms with Crippen LogP contribution in [0.5, 0.6) is 0 Å². The highest BCUT2D eigenvalue weighted by molar-refractivity contribution is 6.74. The molecule has 0 unspecified atom stereocenters. The Morgan fingerprint density at radius 3 is 2.33 bits per heavy atom. The normalized spacial score (nSPS) is 13.1. The topological polar surface area (TPSA) is 77.8 Å². The number of hydrogen-bond acceptors (Lipinski definition) is 5. The second-order valence-electron chi connectivity index (χ2n) is 9.36. The number of carbonyl (C=O) groups excluding carboxylic acids is 1. The summed E-state index contributed by atoms with van der Waals surface area (Å²) >= 11 is 0. The largest absolute Gasteiger partial charge is 0.444 e. The fourth-order valence-corrected chi connectivity index (χ4v) is 3.16. The fourth-order valence-electron chi connectivity index (χ4n) is 2.23. The quantitative estimate of drug-likeness (QED) is 0.748. The maximum absolute atomic E-state index is 12.0. The molecule has 1 amide bonds. The van der Waals surface area contributed by atoms with E-state index in [9.17, 15) is 4.79 Å². The standard InChI is InChI=1S/C19H32N4O3Si/c1-13-10-23-11-15(22-17(24)26-18(2,3)4)21-16(23)14(20-13)12-25-27(8,9)19(5,6)7/h10-11H,12H2,1-9H3,(H,22,24). The third-order valence-corrected chi connectivity index (χ3v) is 9.11. The van der Waals surface area contributed by atoms with Gasteiger partial charge in [-0.2, -0.15) is 0 Å². The summed E-state index contributed by atoms with van der Waals surface area (Å²) in [5.41, 5.74) is 1.73. The SMILES string of the molecule is Cc1cn2cc(NC(=O)OC(C)(C)C)nc2c(CO[Si](C)(C)C(C)(C)C)n1. The van der Waals surface area contributed by atoms with E-state index in [-0.39, 0.29) is 5.04 Å². The van der Waals surface area contributed by atoms with Crippen molar-refractivity contribution in [2.75, 3.05) is 5.32 Å². The summed E-state index contributed by atoms with van der Waals surface area (Å²) in [5, 5.41) is 2.80. The van der Waals surface area contributed by atoms with Crippen molar-refractivity contribution in [2.45, 2.75) is 78.8 Å². The zero-order chi connectivity index (χ0) is 20.6. The Morgan fingerprint density at radius 2 is 1.78 bits per heavy atom. The number of aryl methyl sites for hydroxylation is 1. The van der Waals surface area contributed by atoms with E-state index in [0.717, 1.165) is 11.4 Å². The van der Waals surface area contributed by atoms with E-state index in [1.54, 1.807) is 6.20 Å². The number of hydrogen-bond donors (Lipinski definition) is 1. The molecule has 0 atom stereocenters. The van der Waals surface area contributed by atoms with Gasteiger partial charge >= 0.3 is 6.09 Å². The van der Waals surface area contributed by atoms with Crippen LogP contribution in [0.15, 0.2) is 12.4 Å². The Bertz CT molecular complexity index is 832. The lowest BCUT2D eigenvalue weighted by molar-refractivity contribution is 0.0635. The Kier molecular flexibility index (Phi) is 5.73. The summed E-state index contributed by atoms with van der Waals surface area (Å²) in [6.07, 6.45) is 3.09. The van der Waals surface area contributed by atoms with E-state index in [2.05, 4.69) is 49.1 Å². The van der Waals surface area contributed by atoms with Crippen LogP contribution in [0.2, 0.25) is 18.1 Å². The summed E-state index contributed by atoms with van der Waals surface area (Å²) in [6.45, 7) is 18.8. The summed E-state index contributed by atoms with van der Waals surface area (Å²) in [4.78, 5) is 21.1. The fraction of sp³-hybridized carbons (Fsp3) is 0.632. The van der Waals surface area contributed by atoms with Gasteiger partial charge in [-0.25, -0.2) is 9.78 Å². The number of carbonyl (C=O) groups is 1. The molecule has 1 N–H and O–H groups in total.